The third-order valence-corrected chi connectivity index (χ3v) is 3.05. The standard InChI is InChI=1S/C9H21N3O2S/c1-4-8(5-9(10)12-13)11-7(2)6-15(3)14/h7-8,11,13H,4-6H2,1-3H3,(H2,10,12). The van der Waals surface area contributed by atoms with Crippen molar-refractivity contribution in [2.24, 2.45) is 10.9 Å². The molecule has 6 heteroatoms. The van der Waals surface area contributed by atoms with E-state index in [9.17, 15) is 4.21 Å². The zero-order valence-corrected chi connectivity index (χ0v) is 10.4. The van der Waals surface area contributed by atoms with Crippen molar-refractivity contribution in [3.63, 3.8) is 0 Å². The van der Waals surface area contributed by atoms with Crippen LogP contribution in [0.4, 0.5) is 0 Å². The predicted molar refractivity (Wildman–Crippen MR) is 63.6 cm³/mol. The lowest BCUT2D eigenvalue weighted by molar-refractivity contribution is 0.315. The van der Waals surface area contributed by atoms with E-state index in [1.54, 1.807) is 6.26 Å². The van der Waals surface area contributed by atoms with Crippen LogP contribution >= 0.6 is 0 Å². The fourth-order valence-electron chi connectivity index (χ4n) is 1.42. The molecule has 0 radical (unpaired) electrons. The van der Waals surface area contributed by atoms with Gasteiger partial charge >= 0.3 is 0 Å². The Labute approximate surface area is 93.6 Å². The van der Waals surface area contributed by atoms with E-state index in [0.717, 1.165) is 6.42 Å². The summed E-state index contributed by atoms with van der Waals surface area (Å²) in [5, 5.41) is 14.7. The lowest BCUT2D eigenvalue weighted by Gasteiger charge is -2.21. The van der Waals surface area contributed by atoms with E-state index in [0.29, 0.717) is 12.2 Å². The highest BCUT2D eigenvalue weighted by Gasteiger charge is 2.12. The Kier molecular flexibility index (Phi) is 7.33. The van der Waals surface area contributed by atoms with Gasteiger partial charge in [-0.05, 0) is 13.3 Å². The summed E-state index contributed by atoms with van der Waals surface area (Å²) >= 11 is 0. The second kappa shape index (κ2) is 7.64. The molecule has 0 aliphatic heterocycles. The zero-order chi connectivity index (χ0) is 11.8. The predicted octanol–water partition coefficient (Wildman–Crippen LogP) is 0.258. The summed E-state index contributed by atoms with van der Waals surface area (Å²) in [5.41, 5.74) is 5.43. The third kappa shape index (κ3) is 7.33. The molecular weight excluding hydrogens is 214 g/mol. The number of oxime groups is 1. The first-order valence-electron chi connectivity index (χ1n) is 5.02. The molecule has 0 heterocycles. The summed E-state index contributed by atoms with van der Waals surface area (Å²) in [6.45, 7) is 4.01. The van der Waals surface area contributed by atoms with E-state index in [4.69, 9.17) is 10.9 Å². The summed E-state index contributed by atoms with van der Waals surface area (Å²) in [7, 11) is -0.802. The van der Waals surface area contributed by atoms with Gasteiger partial charge in [0.15, 0.2) is 0 Å². The normalized spacial score (nSPS) is 18.5. The summed E-state index contributed by atoms with van der Waals surface area (Å²) in [6.07, 6.45) is 3.08. The lowest BCUT2D eigenvalue weighted by Crippen LogP contribution is -2.41. The summed E-state index contributed by atoms with van der Waals surface area (Å²) in [5.74, 6) is 0.839. The highest BCUT2D eigenvalue weighted by molar-refractivity contribution is 7.84. The van der Waals surface area contributed by atoms with Crippen LogP contribution in [0.1, 0.15) is 26.7 Å². The summed E-state index contributed by atoms with van der Waals surface area (Å²) in [4.78, 5) is 0. The van der Waals surface area contributed by atoms with Crippen LogP contribution in [0.3, 0.4) is 0 Å². The van der Waals surface area contributed by atoms with Crippen molar-refractivity contribution in [3.8, 4) is 0 Å². The van der Waals surface area contributed by atoms with E-state index in [1.165, 1.54) is 0 Å². The number of nitrogens with one attached hydrogen (secondary N) is 1. The van der Waals surface area contributed by atoms with E-state index in [1.807, 2.05) is 13.8 Å². The average molecular weight is 235 g/mol. The molecule has 0 saturated carbocycles. The van der Waals surface area contributed by atoms with Crippen LogP contribution < -0.4 is 11.1 Å². The van der Waals surface area contributed by atoms with Gasteiger partial charge in [-0.3, -0.25) is 4.21 Å². The van der Waals surface area contributed by atoms with Crippen molar-refractivity contribution in [3.05, 3.63) is 0 Å². The minimum absolute atomic E-state index is 0.166. The molecular formula is C9H21N3O2S. The quantitative estimate of drug-likeness (QED) is 0.256. The second-order valence-electron chi connectivity index (χ2n) is 3.71. The Morgan fingerprint density at radius 2 is 2.27 bits per heavy atom. The largest absolute Gasteiger partial charge is 0.409 e. The number of rotatable bonds is 7. The van der Waals surface area contributed by atoms with Crippen LogP contribution in [0.2, 0.25) is 0 Å². The second-order valence-corrected chi connectivity index (χ2v) is 5.19. The SMILES string of the molecule is CCC(CC(N)=NO)NC(C)CS(C)=O. The molecule has 0 aromatic carbocycles. The Balaban J connectivity index is 4.03. The van der Waals surface area contributed by atoms with Crippen molar-refractivity contribution in [2.45, 2.75) is 38.8 Å². The van der Waals surface area contributed by atoms with Gasteiger partial charge in [0.25, 0.3) is 0 Å². The fourth-order valence-corrected chi connectivity index (χ4v) is 2.22. The molecule has 0 aliphatic carbocycles. The van der Waals surface area contributed by atoms with Gasteiger partial charge in [0, 0.05) is 41.3 Å². The first kappa shape index (κ1) is 14.4. The van der Waals surface area contributed by atoms with Gasteiger partial charge < -0.3 is 16.3 Å². The molecule has 0 amide bonds. The molecule has 5 nitrogen and oxygen atoms in total. The minimum Gasteiger partial charge on any atom is -0.409 e. The first-order valence-corrected chi connectivity index (χ1v) is 6.74. The van der Waals surface area contributed by atoms with Crippen LogP contribution in [-0.2, 0) is 10.8 Å². The van der Waals surface area contributed by atoms with Crippen LogP contribution in [0.5, 0.6) is 0 Å². The number of hydrogen-bond acceptors (Lipinski definition) is 4. The molecule has 0 spiro atoms. The molecule has 3 atom stereocenters. The maximum Gasteiger partial charge on any atom is 0.140 e. The first-order chi connectivity index (χ1) is 6.99. The van der Waals surface area contributed by atoms with Gasteiger partial charge in [0.1, 0.15) is 5.84 Å². The van der Waals surface area contributed by atoms with Gasteiger partial charge in [-0.15, -0.1) is 0 Å². The molecule has 4 N–H and O–H groups in total. The van der Waals surface area contributed by atoms with Gasteiger partial charge in [0.2, 0.25) is 0 Å². The maximum atomic E-state index is 11.0. The molecule has 0 aliphatic rings. The zero-order valence-electron chi connectivity index (χ0n) is 9.56. The topological polar surface area (TPSA) is 87.7 Å². The van der Waals surface area contributed by atoms with E-state index < -0.39 is 10.8 Å². The maximum absolute atomic E-state index is 11.0. The van der Waals surface area contributed by atoms with Crippen LogP contribution in [0, 0.1) is 0 Å². The smallest absolute Gasteiger partial charge is 0.140 e. The summed E-state index contributed by atoms with van der Waals surface area (Å²) < 4.78 is 11.0. The van der Waals surface area contributed by atoms with Crippen LogP contribution in [0.15, 0.2) is 5.16 Å². The summed E-state index contributed by atoms with van der Waals surface area (Å²) in [6, 6.07) is 0.340. The molecule has 3 unspecified atom stereocenters. The van der Waals surface area contributed by atoms with Crippen molar-refractivity contribution < 1.29 is 9.42 Å². The molecule has 0 aromatic rings. The van der Waals surface area contributed by atoms with Crippen molar-refractivity contribution in [1.29, 1.82) is 0 Å². The van der Waals surface area contributed by atoms with Gasteiger partial charge in [0.05, 0.1) is 0 Å². The van der Waals surface area contributed by atoms with Crippen LogP contribution in [0.25, 0.3) is 0 Å². The number of hydrogen-bond donors (Lipinski definition) is 3. The molecule has 15 heavy (non-hydrogen) atoms. The van der Waals surface area contributed by atoms with Crippen LogP contribution in [-0.4, -0.2) is 39.3 Å². The molecule has 0 rings (SSSR count). The molecule has 0 fully saturated rings. The van der Waals surface area contributed by atoms with Crippen molar-refractivity contribution >= 4 is 16.6 Å². The van der Waals surface area contributed by atoms with Crippen molar-refractivity contribution in [1.82, 2.24) is 5.32 Å². The van der Waals surface area contributed by atoms with E-state index in [2.05, 4.69) is 10.5 Å². The van der Waals surface area contributed by atoms with Gasteiger partial charge in [-0.2, -0.15) is 0 Å². The minimum atomic E-state index is -0.802. The van der Waals surface area contributed by atoms with E-state index in [-0.39, 0.29) is 17.9 Å². The third-order valence-electron chi connectivity index (χ3n) is 2.08. The Hall–Kier alpha value is -0.620. The fraction of sp³-hybridized carbons (Fsp3) is 0.889. The van der Waals surface area contributed by atoms with Gasteiger partial charge in [-0.1, -0.05) is 12.1 Å². The lowest BCUT2D eigenvalue weighted by atomic mass is 10.1. The van der Waals surface area contributed by atoms with Gasteiger partial charge in [-0.25, -0.2) is 0 Å². The Bertz CT molecular complexity index is 233. The number of nitrogens with zero attached hydrogens (tertiary/aromatic N) is 1. The van der Waals surface area contributed by atoms with E-state index >= 15 is 0 Å². The molecule has 0 bridgehead atoms. The highest BCUT2D eigenvalue weighted by Crippen LogP contribution is 2.00. The van der Waals surface area contributed by atoms with Crippen molar-refractivity contribution in [2.75, 3.05) is 12.0 Å². The molecule has 90 valence electrons. The molecule has 0 saturated heterocycles. The monoisotopic (exact) mass is 235 g/mol. The Morgan fingerprint density at radius 1 is 1.67 bits per heavy atom. The average Bonchev–Trinajstić information content (AvgIpc) is 2.15. The number of amidine groups is 1. The Morgan fingerprint density at radius 3 is 2.67 bits per heavy atom. The highest BCUT2D eigenvalue weighted by atomic mass is 32.2. The molecule has 0 aromatic heterocycles. The number of nitrogens with two attached hydrogens (primary N) is 1.